The minimum Gasteiger partial charge on any atom is -0.356 e. The number of anilines is 1. The number of carbonyl (C=O) groups is 1. The van der Waals surface area contributed by atoms with Gasteiger partial charge in [-0.3, -0.25) is 14.9 Å². The lowest BCUT2D eigenvalue weighted by Gasteiger charge is -2.17. The van der Waals surface area contributed by atoms with Gasteiger partial charge in [0.05, 0.1) is 15.9 Å². The fourth-order valence-corrected chi connectivity index (χ4v) is 2.06. The molecule has 1 amide bonds. The molecule has 1 rings (SSSR count). The first kappa shape index (κ1) is 20.3. The predicted octanol–water partition coefficient (Wildman–Crippen LogP) is 3.41. The van der Waals surface area contributed by atoms with Gasteiger partial charge in [-0.2, -0.15) is 13.2 Å². The molecule has 0 fully saturated rings. The van der Waals surface area contributed by atoms with Crippen molar-refractivity contribution in [1.82, 2.24) is 5.32 Å². The Labute approximate surface area is 141 Å². The van der Waals surface area contributed by atoms with Crippen LogP contribution in [0.25, 0.3) is 0 Å². The van der Waals surface area contributed by atoms with Crippen molar-refractivity contribution in [3.8, 4) is 0 Å². The molecule has 11 heteroatoms. The van der Waals surface area contributed by atoms with Crippen molar-refractivity contribution in [3.63, 3.8) is 0 Å². The van der Waals surface area contributed by atoms with Gasteiger partial charge in [0, 0.05) is 25.6 Å². The summed E-state index contributed by atoms with van der Waals surface area (Å²) in [6.07, 6.45) is -3.65. The minimum absolute atomic E-state index is 0.0506. The van der Waals surface area contributed by atoms with Gasteiger partial charge in [-0.25, -0.2) is 5.01 Å². The number of hydrogen-bond acceptors (Lipinski definition) is 5. The third kappa shape index (κ3) is 6.01. The van der Waals surface area contributed by atoms with Gasteiger partial charge in [0.2, 0.25) is 5.91 Å². The summed E-state index contributed by atoms with van der Waals surface area (Å²) in [5.41, 5.74) is -2.78. The van der Waals surface area contributed by atoms with E-state index in [9.17, 15) is 33.0 Å². The van der Waals surface area contributed by atoms with Gasteiger partial charge in [0.1, 0.15) is 5.56 Å². The average Bonchev–Trinajstić information content (AvgIpc) is 2.54. The third-order valence-electron chi connectivity index (χ3n) is 3.22. The molecule has 0 spiro atoms. The lowest BCUT2D eigenvalue weighted by Crippen LogP contribution is -2.27. The normalized spacial score (nSPS) is 11.0. The summed E-state index contributed by atoms with van der Waals surface area (Å²) in [5.74, 6) is -0.164. The first-order valence-corrected chi connectivity index (χ1v) is 7.43. The van der Waals surface area contributed by atoms with Gasteiger partial charge in [-0.05, 0) is 25.0 Å². The van der Waals surface area contributed by atoms with Crippen LogP contribution in [0.15, 0.2) is 23.5 Å². The number of rotatable bonds is 9. The van der Waals surface area contributed by atoms with E-state index in [2.05, 4.69) is 10.6 Å². The second kappa shape index (κ2) is 8.94. The Morgan fingerprint density at radius 2 is 2.08 bits per heavy atom. The molecule has 0 atom stereocenters. The van der Waals surface area contributed by atoms with Crippen LogP contribution in [-0.2, 0) is 11.0 Å². The highest BCUT2D eigenvalue weighted by molar-refractivity contribution is 5.75. The number of halogens is 3. The van der Waals surface area contributed by atoms with Crippen molar-refractivity contribution >= 4 is 17.3 Å². The van der Waals surface area contributed by atoms with Gasteiger partial charge in [0.15, 0.2) is 0 Å². The van der Waals surface area contributed by atoms with Crippen LogP contribution in [0.4, 0.5) is 24.5 Å². The monoisotopic (exact) mass is 362 g/mol. The molecule has 0 radical (unpaired) electrons. The number of nitro groups is 1. The highest BCUT2D eigenvalue weighted by Gasteiger charge is 2.38. The van der Waals surface area contributed by atoms with E-state index in [4.69, 9.17) is 0 Å². The van der Waals surface area contributed by atoms with Crippen LogP contribution in [0.5, 0.6) is 0 Å². The second-order valence-electron chi connectivity index (χ2n) is 5.11. The number of carbonyl (C=O) groups excluding carboxylic acids is 1. The zero-order valence-electron chi connectivity index (χ0n) is 13.4. The molecule has 0 aromatic heterocycles. The molecule has 1 aromatic carbocycles. The van der Waals surface area contributed by atoms with Crippen LogP contribution < -0.4 is 10.3 Å². The topological polar surface area (TPSA) is 105 Å². The Kier molecular flexibility index (Phi) is 7.27. The average molecular weight is 362 g/mol. The Morgan fingerprint density at radius 1 is 1.40 bits per heavy atom. The van der Waals surface area contributed by atoms with E-state index in [0.717, 1.165) is 11.1 Å². The SMILES string of the molecule is CCCC(=O)NCCCN(N=O)c1ccc([N+](=O)[O-])c(C(F)(F)F)c1. The van der Waals surface area contributed by atoms with E-state index in [-0.39, 0.29) is 31.1 Å². The Bertz CT molecular complexity index is 637. The largest absolute Gasteiger partial charge is 0.423 e. The van der Waals surface area contributed by atoms with E-state index in [0.29, 0.717) is 25.0 Å². The standard InChI is InChI=1S/C14H17F3N4O4/c1-2-4-13(22)18-7-3-8-20(19-23)10-5-6-12(21(24)25)11(9-10)14(15,16)17/h5-6,9H,2-4,7-8H2,1H3,(H,18,22). The Balaban J connectivity index is 2.84. The number of alkyl halides is 3. The van der Waals surface area contributed by atoms with Crippen LogP contribution in [0.3, 0.4) is 0 Å². The summed E-state index contributed by atoms with van der Waals surface area (Å²) in [6.45, 7) is 2.01. The van der Waals surface area contributed by atoms with E-state index in [1.165, 1.54) is 0 Å². The lowest BCUT2D eigenvalue weighted by molar-refractivity contribution is -0.388. The van der Waals surface area contributed by atoms with E-state index in [1.54, 1.807) is 0 Å². The van der Waals surface area contributed by atoms with E-state index >= 15 is 0 Å². The van der Waals surface area contributed by atoms with Crippen molar-refractivity contribution in [2.75, 3.05) is 18.1 Å². The van der Waals surface area contributed by atoms with Gasteiger partial charge >= 0.3 is 6.18 Å². The fraction of sp³-hybridized carbons (Fsp3) is 0.500. The smallest absolute Gasteiger partial charge is 0.356 e. The number of nitrogens with zero attached hydrogens (tertiary/aromatic N) is 3. The summed E-state index contributed by atoms with van der Waals surface area (Å²) in [5, 5.41) is 16.7. The van der Waals surface area contributed by atoms with E-state index in [1.807, 2.05) is 6.92 Å². The number of amides is 1. The Hall–Kier alpha value is -2.72. The van der Waals surface area contributed by atoms with Gasteiger partial charge in [-0.1, -0.05) is 6.92 Å². The van der Waals surface area contributed by atoms with Crippen molar-refractivity contribution in [2.24, 2.45) is 5.29 Å². The summed E-state index contributed by atoms with van der Waals surface area (Å²) < 4.78 is 38.8. The van der Waals surface area contributed by atoms with E-state index < -0.39 is 22.4 Å². The number of hydrogen-bond donors (Lipinski definition) is 1. The third-order valence-corrected chi connectivity index (χ3v) is 3.22. The molecular weight excluding hydrogens is 345 g/mol. The predicted molar refractivity (Wildman–Crippen MR) is 83.8 cm³/mol. The highest BCUT2D eigenvalue weighted by Crippen LogP contribution is 2.38. The number of nitroso groups, excluding NO2 is 1. The zero-order valence-corrected chi connectivity index (χ0v) is 13.4. The fourth-order valence-electron chi connectivity index (χ4n) is 2.06. The van der Waals surface area contributed by atoms with Crippen LogP contribution in [0.1, 0.15) is 31.7 Å². The molecular formula is C14H17F3N4O4. The number of nitro benzene ring substituents is 1. The van der Waals surface area contributed by atoms with Crippen molar-refractivity contribution < 1.29 is 22.9 Å². The quantitative estimate of drug-likeness (QED) is 0.314. The van der Waals surface area contributed by atoms with Crippen LogP contribution in [0.2, 0.25) is 0 Å². The maximum Gasteiger partial charge on any atom is 0.423 e. The minimum atomic E-state index is -4.94. The molecule has 8 nitrogen and oxygen atoms in total. The maximum absolute atomic E-state index is 12.9. The molecule has 0 unspecified atom stereocenters. The Morgan fingerprint density at radius 3 is 2.60 bits per heavy atom. The molecule has 25 heavy (non-hydrogen) atoms. The summed E-state index contributed by atoms with van der Waals surface area (Å²) in [6, 6.07) is 2.21. The number of benzene rings is 1. The molecule has 0 saturated heterocycles. The summed E-state index contributed by atoms with van der Waals surface area (Å²) in [4.78, 5) is 31.7. The highest BCUT2D eigenvalue weighted by atomic mass is 19.4. The van der Waals surface area contributed by atoms with Crippen LogP contribution >= 0.6 is 0 Å². The molecule has 0 bridgehead atoms. The summed E-state index contributed by atoms with van der Waals surface area (Å²) >= 11 is 0. The maximum atomic E-state index is 12.9. The van der Waals surface area contributed by atoms with Gasteiger partial charge in [0.25, 0.3) is 5.69 Å². The molecule has 0 aliphatic heterocycles. The molecule has 138 valence electrons. The second-order valence-corrected chi connectivity index (χ2v) is 5.11. The lowest BCUT2D eigenvalue weighted by atomic mass is 10.1. The molecule has 0 saturated carbocycles. The molecule has 1 aromatic rings. The van der Waals surface area contributed by atoms with Gasteiger partial charge < -0.3 is 5.32 Å². The molecule has 1 N–H and O–H groups in total. The van der Waals surface area contributed by atoms with Crippen LogP contribution in [-0.4, -0.2) is 23.9 Å². The molecule has 0 aliphatic carbocycles. The molecule has 0 aliphatic rings. The van der Waals surface area contributed by atoms with Crippen molar-refractivity contribution in [3.05, 3.63) is 38.8 Å². The first-order valence-electron chi connectivity index (χ1n) is 7.43. The first-order chi connectivity index (χ1) is 11.7. The van der Waals surface area contributed by atoms with Crippen molar-refractivity contribution in [2.45, 2.75) is 32.4 Å². The summed E-state index contributed by atoms with van der Waals surface area (Å²) in [7, 11) is 0. The van der Waals surface area contributed by atoms with Crippen molar-refractivity contribution in [1.29, 1.82) is 0 Å². The number of nitrogens with one attached hydrogen (secondary N) is 1. The van der Waals surface area contributed by atoms with Crippen LogP contribution in [0, 0.1) is 15.0 Å². The van der Waals surface area contributed by atoms with Gasteiger partial charge in [-0.15, -0.1) is 4.91 Å². The molecule has 0 heterocycles. The zero-order chi connectivity index (χ0) is 19.0.